The average molecular weight is 618 g/mol. The fourth-order valence-corrected chi connectivity index (χ4v) is 8.61. The van der Waals surface area contributed by atoms with Gasteiger partial charge in [0.25, 0.3) is 0 Å². The van der Waals surface area contributed by atoms with Crippen LogP contribution in [-0.4, -0.2) is 9.97 Å². The molecule has 11 rings (SSSR count). The van der Waals surface area contributed by atoms with Crippen LogP contribution in [0.3, 0.4) is 0 Å². The Labute approximate surface area is 272 Å². The van der Waals surface area contributed by atoms with E-state index in [1.807, 2.05) is 29.5 Å². The van der Waals surface area contributed by atoms with E-state index in [9.17, 15) is 0 Å². The molecule has 1 aliphatic rings. The van der Waals surface area contributed by atoms with Gasteiger partial charge < -0.3 is 4.42 Å². The van der Waals surface area contributed by atoms with Crippen molar-refractivity contribution in [3.8, 4) is 22.4 Å². The summed E-state index contributed by atoms with van der Waals surface area (Å²) in [7, 11) is 0. The van der Waals surface area contributed by atoms with E-state index in [-0.39, 0.29) is 0 Å². The van der Waals surface area contributed by atoms with Crippen LogP contribution in [0.1, 0.15) is 0 Å². The quantitative estimate of drug-likeness (QED) is 0.194. The Morgan fingerprint density at radius 2 is 1.32 bits per heavy atom. The predicted molar refractivity (Wildman–Crippen MR) is 196 cm³/mol. The van der Waals surface area contributed by atoms with Gasteiger partial charge in [-0.2, -0.15) is 0 Å². The van der Waals surface area contributed by atoms with E-state index in [1.54, 1.807) is 0 Å². The summed E-state index contributed by atoms with van der Waals surface area (Å²) >= 11 is 1.82. The smallest absolute Gasteiger partial charge is 0.236 e. The first kappa shape index (κ1) is 25.2. The average Bonchev–Trinajstić information content (AvgIpc) is 3.69. The predicted octanol–water partition coefficient (Wildman–Crippen LogP) is 12.2. The van der Waals surface area contributed by atoms with Crippen LogP contribution < -0.4 is 4.90 Å². The fraction of sp³-hybridized carbons (Fsp3) is 0. The molecule has 0 saturated heterocycles. The number of aromatic nitrogens is 2. The van der Waals surface area contributed by atoms with Crippen molar-refractivity contribution >= 4 is 92.4 Å². The van der Waals surface area contributed by atoms with E-state index in [2.05, 4.69) is 126 Å². The van der Waals surface area contributed by atoms with Crippen LogP contribution in [0.2, 0.25) is 0 Å². The summed E-state index contributed by atoms with van der Waals surface area (Å²) in [5.41, 5.74) is 8.64. The lowest BCUT2D eigenvalue weighted by Crippen LogP contribution is -2.18. The topological polar surface area (TPSA) is 42.2 Å². The van der Waals surface area contributed by atoms with Crippen molar-refractivity contribution in [1.82, 2.24) is 9.97 Å². The standard InChI is InChI=1S/C42H23N3OS/c1-2-12-27-24(9-1)19-21-30-29-15-7-10-25-11-8-16-33(37(25)29)45(40(27)30)42-43-38(41-39(44-42)31-14-3-5-17-34(31)46-41)26-20-22-36-32(23-26)28-13-4-6-18-35(28)47-36/h1-23H. The summed E-state index contributed by atoms with van der Waals surface area (Å²) in [6.45, 7) is 0. The number of anilines is 3. The van der Waals surface area contributed by atoms with Gasteiger partial charge >= 0.3 is 0 Å². The summed E-state index contributed by atoms with van der Waals surface area (Å²) in [5.74, 6) is 0.619. The number of fused-ring (bicyclic) bond motifs is 10. The van der Waals surface area contributed by atoms with Crippen molar-refractivity contribution in [1.29, 1.82) is 0 Å². The molecule has 10 aromatic rings. The molecule has 0 saturated carbocycles. The summed E-state index contributed by atoms with van der Waals surface area (Å²) in [4.78, 5) is 13.1. The molecular weight excluding hydrogens is 595 g/mol. The van der Waals surface area contributed by atoms with Crippen LogP contribution in [0.15, 0.2) is 144 Å². The highest BCUT2D eigenvalue weighted by Gasteiger charge is 2.31. The summed E-state index contributed by atoms with van der Waals surface area (Å²) in [6.07, 6.45) is 0. The minimum Gasteiger partial charge on any atom is -0.452 e. The van der Waals surface area contributed by atoms with Gasteiger partial charge in [-0.1, -0.05) is 103 Å². The maximum absolute atomic E-state index is 6.57. The SMILES string of the molecule is c1ccc2c3c(ccc2c1)-c1cccc2cccc(c12)N3c1nc(-c2ccc3sc4ccccc4c3c2)c2oc3ccccc3c2n1. The molecule has 47 heavy (non-hydrogen) atoms. The van der Waals surface area contributed by atoms with Gasteiger partial charge in [0.05, 0.1) is 11.4 Å². The minimum atomic E-state index is 0.619. The first-order chi connectivity index (χ1) is 23.3. The van der Waals surface area contributed by atoms with Gasteiger partial charge in [0.2, 0.25) is 5.95 Å². The molecule has 3 aromatic heterocycles. The molecule has 0 N–H and O–H groups in total. The number of thiophene rings is 1. The molecule has 0 aliphatic carbocycles. The van der Waals surface area contributed by atoms with E-state index in [1.165, 1.54) is 47.5 Å². The third-order valence-electron chi connectivity index (χ3n) is 9.60. The number of benzene rings is 7. The summed E-state index contributed by atoms with van der Waals surface area (Å²) in [5, 5.41) is 8.17. The van der Waals surface area contributed by atoms with Crippen molar-refractivity contribution in [3.63, 3.8) is 0 Å². The highest BCUT2D eigenvalue weighted by atomic mass is 32.1. The number of nitrogens with zero attached hydrogens (tertiary/aromatic N) is 3. The molecule has 218 valence electrons. The first-order valence-corrected chi connectivity index (χ1v) is 16.6. The molecule has 0 bridgehead atoms. The Bertz CT molecular complexity index is 2930. The van der Waals surface area contributed by atoms with Gasteiger partial charge in [-0.25, -0.2) is 9.97 Å². The first-order valence-electron chi connectivity index (χ1n) is 15.8. The van der Waals surface area contributed by atoms with E-state index in [0.29, 0.717) is 11.5 Å². The van der Waals surface area contributed by atoms with Gasteiger partial charge in [-0.15, -0.1) is 11.3 Å². The zero-order chi connectivity index (χ0) is 30.6. The second-order valence-electron chi connectivity index (χ2n) is 12.2. The number of hydrogen-bond donors (Lipinski definition) is 0. The molecule has 0 spiro atoms. The second kappa shape index (κ2) is 9.25. The maximum Gasteiger partial charge on any atom is 0.236 e. The van der Waals surface area contributed by atoms with E-state index < -0.39 is 0 Å². The fourth-order valence-electron chi connectivity index (χ4n) is 7.52. The third kappa shape index (κ3) is 3.46. The number of hydrogen-bond acceptors (Lipinski definition) is 5. The van der Waals surface area contributed by atoms with Gasteiger partial charge in [-0.3, -0.25) is 4.90 Å². The molecule has 4 heterocycles. The Kier molecular flexibility index (Phi) is 4.96. The van der Waals surface area contributed by atoms with Crippen LogP contribution in [-0.2, 0) is 0 Å². The lowest BCUT2D eigenvalue weighted by atomic mass is 9.89. The van der Waals surface area contributed by atoms with Gasteiger partial charge in [0.1, 0.15) is 16.8 Å². The van der Waals surface area contributed by atoms with Crippen molar-refractivity contribution in [2.75, 3.05) is 4.90 Å². The lowest BCUT2D eigenvalue weighted by molar-refractivity contribution is 0.667. The Morgan fingerprint density at radius 3 is 2.26 bits per heavy atom. The Balaban J connectivity index is 1.27. The van der Waals surface area contributed by atoms with E-state index in [0.717, 1.165) is 44.5 Å². The van der Waals surface area contributed by atoms with Crippen LogP contribution in [0.5, 0.6) is 0 Å². The van der Waals surface area contributed by atoms with Gasteiger partial charge in [0, 0.05) is 47.5 Å². The molecule has 1 aliphatic heterocycles. The molecule has 5 heteroatoms. The summed E-state index contributed by atoms with van der Waals surface area (Å²) < 4.78 is 9.11. The number of rotatable bonds is 2. The molecule has 7 aromatic carbocycles. The third-order valence-corrected chi connectivity index (χ3v) is 10.7. The molecule has 0 unspecified atom stereocenters. The van der Waals surface area contributed by atoms with Gasteiger partial charge in [-0.05, 0) is 52.7 Å². The van der Waals surface area contributed by atoms with E-state index >= 15 is 0 Å². The molecule has 0 fully saturated rings. The Morgan fingerprint density at radius 1 is 0.553 bits per heavy atom. The van der Waals surface area contributed by atoms with Gasteiger partial charge in [0.15, 0.2) is 5.58 Å². The molecule has 0 radical (unpaired) electrons. The molecular formula is C42H23N3OS. The monoisotopic (exact) mass is 617 g/mol. The second-order valence-corrected chi connectivity index (χ2v) is 13.2. The summed E-state index contributed by atoms with van der Waals surface area (Å²) in [6, 6.07) is 49.6. The van der Waals surface area contributed by atoms with Crippen LogP contribution in [0.4, 0.5) is 17.3 Å². The Hall–Kier alpha value is -6.04. The molecule has 0 amide bonds. The van der Waals surface area contributed by atoms with Crippen molar-refractivity contribution < 1.29 is 4.42 Å². The van der Waals surface area contributed by atoms with Crippen molar-refractivity contribution in [2.45, 2.75) is 0 Å². The highest BCUT2D eigenvalue weighted by Crippen LogP contribution is 2.53. The highest BCUT2D eigenvalue weighted by molar-refractivity contribution is 7.25. The normalized spacial score (nSPS) is 12.6. The van der Waals surface area contributed by atoms with E-state index in [4.69, 9.17) is 14.4 Å². The maximum atomic E-state index is 6.57. The van der Waals surface area contributed by atoms with Crippen LogP contribution in [0.25, 0.3) is 86.2 Å². The largest absolute Gasteiger partial charge is 0.452 e. The lowest BCUT2D eigenvalue weighted by Gasteiger charge is -2.33. The number of furan rings is 1. The van der Waals surface area contributed by atoms with Crippen LogP contribution >= 0.6 is 11.3 Å². The number of para-hydroxylation sites is 1. The minimum absolute atomic E-state index is 0.619. The van der Waals surface area contributed by atoms with Crippen molar-refractivity contribution in [3.05, 3.63) is 140 Å². The zero-order valence-electron chi connectivity index (χ0n) is 24.9. The van der Waals surface area contributed by atoms with Crippen LogP contribution in [0, 0.1) is 0 Å². The molecule has 4 nitrogen and oxygen atoms in total. The zero-order valence-corrected chi connectivity index (χ0v) is 25.8. The molecule has 0 atom stereocenters. The van der Waals surface area contributed by atoms with Crippen molar-refractivity contribution in [2.24, 2.45) is 0 Å².